The molecule has 0 bridgehead atoms. The molecule has 1 atom stereocenters. The second kappa shape index (κ2) is 5.14. The van der Waals surface area contributed by atoms with Gasteiger partial charge in [0.05, 0.1) is 4.83 Å². The first-order chi connectivity index (χ1) is 8.49. The van der Waals surface area contributed by atoms with Crippen molar-refractivity contribution in [3.8, 4) is 0 Å². The number of aryl methyl sites for hydroxylation is 1. The molecule has 0 aliphatic carbocycles. The average Bonchev–Trinajstić information content (AvgIpc) is 2.28. The second-order valence-electron chi connectivity index (χ2n) is 4.06. The molecule has 0 aliphatic heterocycles. The predicted octanol–water partition coefficient (Wildman–Crippen LogP) is 4.90. The molecule has 18 heavy (non-hydrogen) atoms. The van der Waals surface area contributed by atoms with Crippen LogP contribution in [0.3, 0.4) is 0 Å². The Bertz CT molecular complexity index is 541. The maximum absolute atomic E-state index is 13.6. The molecule has 0 heterocycles. The summed E-state index contributed by atoms with van der Waals surface area (Å²) in [6.45, 7) is 1.92. The van der Waals surface area contributed by atoms with E-state index in [1.54, 1.807) is 12.1 Å². The average molecular weight is 315 g/mol. The lowest BCUT2D eigenvalue weighted by molar-refractivity contribution is 0.527. The van der Waals surface area contributed by atoms with E-state index in [1.807, 2.05) is 19.1 Å². The first kappa shape index (κ1) is 13.1. The Labute approximate surface area is 112 Å². The number of rotatable bonds is 2. The Kier molecular flexibility index (Phi) is 3.76. The number of hydrogen-bond acceptors (Lipinski definition) is 0. The van der Waals surface area contributed by atoms with Crippen molar-refractivity contribution >= 4 is 15.9 Å². The van der Waals surface area contributed by atoms with Crippen LogP contribution in [0.15, 0.2) is 36.4 Å². The van der Waals surface area contributed by atoms with Crippen LogP contribution < -0.4 is 0 Å². The smallest absolute Gasteiger partial charge is 0.133 e. The zero-order valence-corrected chi connectivity index (χ0v) is 11.1. The predicted molar refractivity (Wildman–Crippen MR) is 68.3 cm³/mol. The normalized spacial score (nSPS) is 12.5. The highest BCUT2D eigenvalue weighted by Crippen LogP contribution is 2.34. The molecule has 0 saturated heterocycles. The molecule has 0 N–H and O–H groups in total. The highest BCUT2D eigenvalue weighted by atomic mass is 79.9. The lowest BCUT2D eigenvalue weighted by atomic mass is 10.0. The fourth-order valence-corrected chi connectivity index (χ4v) is 2.44. The summed E-state index contributed by atoms with van der Waals surface area (Å²) in [4.78, 5) is -0.640. The molecule has 0 fully saturated rings. The van der Waals surface area contributed by atoms with Crippen LogP contribution in [0.2, 0.25) is 0 Å². The van der Waals surface area contributed by atoms with Gasteiger partial charge in [-0.05, 0) is 12.5 Å². The Balaban J connectivity index is 2.46. The summed E-state index contributed by atoms with van der Waals surface area (Å²) in [6, 6.07) is 8.61. The van der Waals surface area contributed by atoms with Crippen LogP contribution >= 0.6 is 15.9 Å². The van der Waals surface area contributed by atoms with Crippen molar-refractivity contribution in [2.24, 2.45) is 0 Å². The Morgan fingerprint density at radius 1 is 0.944 bits per heavy atom. The summed E-state index contributed by atoms with van der Waals surface area (Å²) >= 11 is 3.24. The van der Waals surface area contributed by atoms with Crippen molar-refractivity contribution in [3.63, 3.8) is 0 Å². The van der Waals surface area contributed by atoms with Gasteiger partial charge in [-0.2, -0.15) is 0 Å². The minimum absolute atomic E-state index is 0.180. The quantitative estimate of drug-likeness (QED) is 0.692. The zero-order valence-electron chi connectivity index (χ0n) is 9.55. The fraction of sp³-hybridized carbons (Fsp3) is 0.143. The van der Waals surface area contributed by atoms with E-state index in [2.05, 4.69) is 15.9 Å². The van der Waals surface area contributed by atoms with E-state index < -0.39 is 22.3 Å². The van der Waals surface area contributed by atoms with E-state index in [0.717, 1.165) is 5.56 Å². The van der Waals surface area contributed by atoms with Gasteiger partial charge < -0.3 is 0 Å². The Morgan fingerprint density at radius 3 is 1.94 bits per heavy atom. The monoisotopic (exact) mass is 314 g/mol. The highest BCUT2D eigenvalue weighted by Gasteiger charge is 2.20. The third kappa shape index (κ3) is 2.58. The summed E-state index contributed by atoms with van der Waals surface area (Å²) in [5.74, 6) is -2.71. The summed E-state index contributed by atoms with van der Waals surface area (Å²) in [6.07, 6.45) is 0. The van der Waals surface area contributed by atoms with Crippen LogP contribution in [0, 0.1) is 24.4 Å². The largest absolute Gasteiger partial charge is 0.207 e. The molecule has 0 aromatic heterocycles. The van der Waals surface area contributed by atoms with Gasteiger partial charge in [-0.15, -0.1) is 0 Å². The van der Waals surface area contributed by atoms with Gasteiger partial charge in [-0.1, -0.05) is 45.8 Å². The van der Waals surface area contributed by atoms with Gasteiger partial charge in [0.2, 0.25) is 0 Å². The number of benzene rings is 2. The molecule has 1 unspecified atom stereocenters. The van der Waals surface area contributed by atoms with Gasteiger partial charge in [0.25, 0.3) is 0 Å². The van der Waals surface area contributed by atoms with Crippen LogP contribution in [-0.4, -0.2) is 0 Å². The lowest BCUT2D eigenvalue weighted by Gasteiger charge is -2.13. The fourth-order valence-electron chi connectivity index (χ4n) is 1.70. The van der Waals surface area contributed by atoms with Gasteiger partial charge in [0.15, 0.2) is 0 Å². The molecular formula is C14H10BrF3. The first-order valence-corrected chi connectivity index (χ1v) is 6.25. The molecule has 0 saturated carbocycles. The minimum Gasteiger partial charge on any atom is -0.207 e. The molecule has 0 radical (unpaired) electrons. The molecule has 2 aromatic carbocycles. The number of alkyl halides is 1. The van der Waals surface area contributed by atoms with Gasteiger partial charge >= 0.3 is 0 Å². The standard InChI is InChI=1S/C14H10BrF3/c1-8-2-4-9(5-3-8)14(15)13-11(17)6-10(16)7-12(13)18/h2-7,14H,1H3. The van der Waals surface area contributed by atoms with Crippen molar-refractivity contribution in [3.05, 3.63) is 70.5 Å². The number of halogens is 4. The van der Waals surface area contributed by atoms with Gasteiger partial charge in [-0.25, -0.2) is 13.2 Å². The summed E-state index contributed by atoms with van der Waals surface area (Å²) in [7, 11) is 0. The molecular weight excluding hydrogens is 305 g/mol. The molecule has 0 spiro atoms. The van der Waals surface area contributed by atoms with Gasteiger partial charge in [-0.3, -0.25) is 0 Å². The van der Waals surface area contributed by atoms with E-state index in [9.17, 15) is 13.2 Å². The Morgan fingerprint density at radius 2 is 1.44 bits per heavy atom. The van der Waals surface area contributed by atoms with Crippen LogP contribution in [0.1, 0.15) is 21.5 Å². The van der Waals surface area contributed by atoms with Gasteiger partial charge in [0.1, 0.15) is 17.5 Å². The molecule has 0 aliphatic rings. The van der Waals surface area contributed by atoms with Crippen molar-refractivity contribution in [1.29, 1.82) is 0 Å². The van der Waals surface area contributed by atoms with Crippen LogP contribution in [0.4, 0.5) is 13.2 Å². The molecule has 0 nitrogen and oxygen atoms in total. The van der Waals surface area contributed by atoms with Crippen molar-refractivity contribution < 1.29 is 13.2 Å². The summed E-state index contributed by atoms with van der Waals surface area (Å²) in [5.41, 5.74) is 1.59. The Hall–Kier alpha value is -1.29. The summed E-state index contributed by atoms with van der Waals surface area (Å²) < 4.78 is 40.1. The second-order valence-corrected chi connectivity index (χ2v) is 4.97. The van der Waals surface area contributed by atoms with E-state index in [1.165, 1.54) is 0 Å². The molecule has 94 valence electrons. The van der Waals surface area contributed by atoms with Crippen LogP contribution in [0.25, 0.3) is 0 Å². The summed E-state index contributed by atoms with van der Waals surface area (Å²) in [5, 5.41) is 0. The highest BCUT2D eigenvalue weighted by molar-refractivity contribution is 9.09. The molecule has 2 aromatic rings. The molecule has 0 amide bonds. The zero-order chi connectivity index (χ0) is 13.3. The third-order valence-corrected chi connectivity index (χ3v) is 3.65. The van der Waals surface area contributed by atoms with Crippen molar-refractivity contribution in [2.75, 3.05) is 0 Å². The van der Waals surface area contributed by atoms with Crippen molar-refractivity contribution in [2.45, 2.75) is 11.8 Å². The SMILES string of the molecule is Cc1ccc(C(Br)c2c(F)cc(F)cc2F)cc1. The first-order valence-electron chi connectivity index (χ1n) is 5.34. The van der Waals surface area contributed by atoms with E-state index in [0.29, 0.717) is 17.7 Å². The molecule has 4 heteroatoms. The van der Waals surface area contributed by atoms with E-state index in [4.69, 9.17) is 0 Å². The van der Waals surface area contributed by atoms with Crippen LogP contribution in [-0.2, 0) is 0 Å². The minimum atomic E-state index is -0.919. The third-order valence-electron chi connectivity index (χ3n) is 2.67. The lowest BCUT2D eigenvalue weighted by Crippen LogP contribution is -2.01. The molecule has 2 rings (SSSR count). The van der Waals surface area contributed by atoms with Crippen molar-refractivity contribution in [1.82, 2.24) is 0 Å². The topological polar surface area (TPSA) is 0 Å². The van der Waals surface area contributed by atoms with E-state index >= 15 is 0 Å². The maximum Gasteiger partial charge on any atom is 0.133 e. The van der Waals surface area contributed by atoms with Gasteiger partial charge in [0, 0.05) is 17.7 Å². The number of hydrogen-bond donors (Lipinski definition) is 0. The van der Waals surface area contributed by atoms with E-state index in [-0.39, 0.29) is 5.56 Å². The maximum atomic E-state index is 13.6. The van der Waals surface area contributed by atoms with Crippen LogP contribution in [0.5, 0.6) is 0 Å².